The van der Waals surface area contributed by atoms with Gasteiger partial charge < -0.3 is 19.7 Å². The molecule has 0 spiro atoms. The summed E-state index contributed by atoms with van der Waals surface area (Å²) in [6.07, 6.45) is 1.69. The van der Waals surface area contributed by atoms with Crippen LogP contribution in [0.5, 0.6) is 0 Å². The topological polar surface area (TPSA) is 82.6 Å². The van der Waals surface area contributed by atoms with E-state index in [1.165, 1.54) is 0 Å². The number of carboxylic acids is 1. The smallest absolute Gasteiger partial charge is 0.306 e. The molecule has 1 amide bonds. The number of carbonyl (C=O) groups excluding carboxylic acids is 1. The number of aromatic nitrogens is 1. The number of benzene rings is 1. The van der Waals surface area contributed by atoms with Gasteiger partial charge in [0.2, 0.25) is 5.91 Å². The van der Waals surface area contributed by atoms with Crippen LogP contribution >= 0.6 is 0 Å². The van der Waals surface area contributed by atoms with Crippen molar-refractivity contribution in [2.24, 2.45) is 0 Å². The number of aryl methyl sites for hydroxylation is 1. The van der Waals surface area contributed by atoms with E-state index in [1.54, 1.807) is 4.90 Å². The van der Waals surface area contributed by atoms with Crippen LogP contribution in [0.1, 0.15) is 17.5 Å². The molecule has 1 atom stereocenters. The highest BCUT2D eigenvalue weighted by Gasteiger charge is 2.26. The fourth-order valence-corrected chi connectivity index (χ4v) is 3.05. The maximum atomic E-state index is 12.5. The Morgan fingerprint density at radius 2 is 2.26 bits per heavy atom. The van der Waals surface area contributed by atoms with E-state index in [0.717, 1.165) is 22.0 Å². The number of nitrogens with one attached hydrogen (secondary N) is 1. The molecule has 1 aliphatic heterocycles. The minimum Gasteiger partial charge on any atom is -0.481 e. The summed E-state index contributed by atoms with van der Waals surface area (Å²) in [5.74, 6) is -0.900. The number of rotatable bonds is 4. The van der Waals surface area contributed by atoms with Gasteiger partial charge in [-0.15, -0.1) is 0 Å². The minimum absolute atomic E-state index is 0.00564. The number of carbonyl (C=O) groups is 2. The van der Waals surface area contributed by atoms with Crippen molar-refractivity contribution in [2.75, 3.05) is 19.7 Å². The first-order chi connectivity index (χ1) is 11.0. The molecule has 6 heteroatoms. The minimum atomic E-state index is -0.906. The lowest BCUT2D eigenvalue weighted by Gasteiger charge is -2.32. The highest BCUT2D eigenvalue weighted by Crippen LogP contribution is 2.22. The molecule has 0 saturated carbocycles. The van der Waals surface area contributed by atoms with E-state index in [1.807, 2.05) is 31.3 Å². The number of carboxylic acid groups (broad SMARTS) is 1. The lowest BCUT2D eigenvalue weighted by molar-refractivity contribution is -0.147. The fourth-order valence-electron chi connectivity index (χ4n) is 3.05. The van der Waals surface area contributed by atoms with Crippen LogP contribution in [-0.2, 0) is 20.7 Å². The van der Waals surface area contributed by atoms with Gasteiger partial charge >= 0.3 is 5.97 Å². The highest BCUT2D eigenvalue weighted by atomic mass is 16.5. The van der Waals surface area contributed by atoms with Crippen molar-refractivity contribution in [2.45, 2.75) is 25.9 Å². The number of aromatic amines is 1. The van der Waals surface area contributed by atoms with Gasteiger partial charge in [0.15, 0.2) is 0 Å². The normalized spacial score (nSPS) is 18.3. The summed E-state index contributed by atoms with van der Waals surface area (Å²) >= 11 is 0. The number of fused-ring (bicyclic) bond motifs is 1. The Labute approximate surface area is 134 Å². The first-order valence-corrected chi connectivity index (χ1v) is 7.71. The van der Waals surface area contributed by atoms with Gasteiger partial charge in [0.1, 0.15) is 0 Å². The molecule has 1 fully saturated rings. The summed E-state index contributed by atoms with van der Waals surface area (Å²) in [6, 6.07) is 6.02. The third kappa shape index (κ3) is 3.37. The second-order valence-electron chi connectivity index (χ2n) is 5.92. The largest absolute Gasteiger partial charge is 0.481 e. The molecule has 1 saturated heterocycles. The quantitative estimate of drug-likeness (QED) is 0.900. The van der Waals surface area contributed by atoms with Crippen LogP contribution in [-0.4, -0.2) is 52.7 Å². The SMILES string of the molecule is Cc1cccc2c(CC(=O)N3CCO[C@H](CC(=O)O)C3)c[nH]c12. The van der Waals surface area contributed by atoms with Crippen LogP contribution in [0.15, 0.2) is 24.4 Å². The van der Waals surface area contributed by atoms with Gasteiger partial charge in [-0.1, -0.05) is 18.2 Å². The molecule has 1 aliphatic rings. The summed E-state index contributed by atoms with van der Waals surface area (Å²) < 4.78 is 5.41. The van der Waals surface area contributed by atoms with Crippen LogP contribution in [0.25, 0.3) is 10.9 Å². The van der Waals surface area contributed by atoms with Crippen molar-refractivity contribution in [3.8, 4) is 0 Å². The molecule has 0 unspecified atom stereocenters. The molecule has 1 aromatic heterocycles. The van der Waals surface area contributed by atoms with Crippen LogP contribution < -0.4 is 0 Å². The lowest BCUT2D eigenvalue weighted by Crippen LogP contribution is -2.46. The second-order valence-corrected chi connectivity index (χ2v) is 5.92. The predicted molar refractivity (Wildman–Crippen MR) is 85.3 cm³/mol. The zero-order valence-electron chi connectivity index (χ0n) is 13.0. The van der Waals surface area contributed by atoms with Crippen LogP contribution in [0, 0.1) is 6.92 Å². The number of hydrogen-bond acceptors (Lipinski definition) is 3. The molecule has 0 radical (unpaired) electrons. The Hall–Kier alpha value is -2.34. The van der Waals surface area contributed by atoms with Gasteiger partial charge in [-0.2, -0.15) is 0 Å². The molecule has 122 valence electrons. The zero-order chi connectivity index (χ0) is 16.4. The number of aliphatic carboxylic acids is 1. The third-order valence-electron chi connectivity index (χ3n) is 4.24. The summed E-state index contributed by atoms with van der Waals surface area (Å²) in [5.41, 5.74) is 3.17. The molecule has 0 bridgehead atoms. The number of para-hydroxylation sites is 1. The monoisotopic (exact) mass is 316 g/mol. The van der Waals surface area contributed by atoms with E-state index < -0.39 is 12.1 Å². The molecule has 3 rings (SSSR count). The number of ether oxygens (including phenoxy) is 1. The van der Waals surface area contributed by atoms with Crippen molar-refractivity contribution >= 4 is 22.8 Å². The van der Waals surface area contributed by atoms with Crippen molar-refractivity contribution < 1.29 is 19.4 Å². The van der Waals surface area contributed by atoms with Gasteiger partial charge in [-0.3, -0.25) is 9.59 Å². The van der Waals surface area contributed by atoms with Gasteiger partial charge in [-0.05, 0) is 18.1 Å². The standard InChI is InChI=1S/C17H20N2O4/c1-11-3-2-4-14-12(9-18-17(11)14)7-15(20)19-5-6-23-13(10-19)8-16(21)22/h2-4,9,13,18H,5-8,10H2,1H3,(H,21,22)/t13-/m1/s1. The van der Waals surface area contributed by atoms with E-state index in [2.05, 4.69) is 4.98 Å². The van der Waals surface area contributed by atoms with Gasteiger partial charge in [-0.25, -0.2) is 0 Å². The molecular formula is C17H20N2O4. The Morgan fingerprint density at radius 1 is 1.43 bits per heavy atom. The number of H-pyrrole nitrogens is 1. The van der Waals surface area contributed by atoms with E-state index in [0.29, 0.717) is 26.1 Å². The van der Waals surface area contributed by atoms with Gasteiger partial charge in [0, 0.05) is 30.2 Å². The molecule has 0 aliphatic carbocycles. The average molecular weight is 316 g/mol. The summed E-state index contributed by atoms with van der Waals surface area (Å²) in [5, 5.41) is 9.92. The third-order valence-corrected chi connectivity index (χ3v) is 4.24. The summed E-state index contributed by atoms with van der Waals surface area (Å²) in [6.45, 7) is 3.27. The number of nitrogens with zero attached hydrogens (tertiary/aromatic N) is 1. The number of morpholine rings is 1. The van der Waals surface area contributed by atoms with Crippen molar-refractivity contribution in [3.05, 3.63) is 35.5 Å². The predicted octanol–water partition coefficient (Wildman–Crippen LogP) is 1.72. The van der Waals surface area contributed by atoms with E-state index in [9.17, 15) is 9.59 Å². The Morgan fingerprint density at radius 3 is 3.04 bits per heavy atom. The summed E-state index contributed by atoms with van der Waals surface area (Å²) in [4.78, 5) is 28.3. The van der Waals surface area contributed by atoms with Gasteiger partial charge in [0.05, 0.1) is 25.6 Å². The Kier molecular flexibility index (Phi) is 4.34. The lowest BCUT2D eigenvalue weighted by atomic mass is 10.1. The molecule has 1 aromatic carbocycles. The maximum absolute atomic E-state index is 12.5. The molecule has 2 aromatic rings. The first-order valence-electron chi connectivity index (χ1n) is 7.71. The van der Waals surface area contributed by atoms with Crippen LogP contribution in [0.4, 0.5) is 0 Å². The van der Waals surface area contributed by atoms with E-state index in [4.69, 9.17) is 9.84 Å². The van der Waals surface area contributed by atoms with Crippen LogP contribution in [0.3, 0.4) is 0 Å². The molecular weight excluding hydrogens is 296 g/mol. The zero-order valence-corrected chi connectivity index (χ0v) is 13.0. The van der Waals surface area contributed by atoms with Gasteiger partial charge in [0.25, 0.3) is 0 Å². The molecule has 6 nitrogen and oxygen atoms in total. The van der Waals surface area contributed by atoms with Crippen molar-refractivity contribution in [1.29, 1.82) is 0 Å². The second kappa shape index (κ2) is 6.42. The maximum Gasteiger partial charge on any atom is 0.306 e. The Bertz CT molecular complexity index is 737. The molecule has 23 heavy (non-hydrogen) atoms. The fraction of sp³-hybridized carbons (Fsp3) is 0.412. The highest BCUT2D eigenvalue weighted by molar-refractivity contribution is 5.90. The van der Waals surface area contributed by atoms with E-state index in [-0.39, 0.29) is 12.3 Å². The number of hydrogen-bond donors (Lipinski definition) is 2. The van der Waals surface area contributed by atoms with Crippen LogP contribution in [0.2, 0.25) is 0 Å². The van der Waals surface area contributed by atoms with Crippen molar-refractivity contribution in [3.63, 3.8) is 0 Å². The van der Waals surface area contributed by atoms with Crippen molar-refractivity contribution in [1.82, 2.24) is 9.88 Å². The van der Waals surface area contributed by atoms with E-state index >= 15 is 0 Å². The molecule has 2 N–H and O–H groups in total. The first kappa shape index (κ1) is 15.6. The number of amides is 1. The Balaban J connectivity index is 1.70. The average Bonchev–Trinajstić information content (AvgIpc) is 2.91. The summed E-state index contributed by atoms with van der Waals surface area (Å²) in [7, 11) is 0. The molecule has 2 heterocycles.